The summed E-state index contributed by atoms with van der Waals surface area (Å²) in [5.41, 5.74) is 7.16. The summed E-state index contributed by atoms with van der Waals surface area (Å²) < 4.78 is 1.76. The minimum Gasteiger partial charge on any atom is -0.381 e. The van der Waals surface area contributed by atoms with Crippen molar-refractivity contribution in [2.75, 3.05) is 11.9 Å². The van der Waals surface area contributed by atoms with Gasteiger partial charge in [-0.05, 0) is 6.42 Å². The molecule has 1 unspecified atom stereocenters. The lowest BCUT2D eigenvalue weighted by Crippen LogP contribution is -2.26. The van der Waals surface area contributed by atoms with Crippen LogP contribution >= 0.6 is 0 Å². The molecule has 1 atom stereocenters. The van der Waals surface area contributed by atoms with Gasteiger partial charge in [-0.3, -0.25) is 9.48 Å². The highest BCUT2D eigenvalue weighted by Crippen LogP contribution is 2.13. The number of nitrogens with two attached hydrogens (primary N) is 1. The molecule has 0 saturated carbocycles. The molecule has 15 heavy (non-hydrogen) atoms. The molecule has 0 bridgehead atoms. The molecular formula is C10H18N4O. The van der Waals surface area contributed by atoms with E-state index in [1.54, 1.807) is 11.6 Å². The Labute approximate surface area is 89.6 Å². The van der Waals surface area contributed by atoms with Gasteiger partial charge in [0.1, 0.15) is 0 Å². The first-order valence-electron chi connectivity index (χ1n) is 5.10. The Morgan fingerprint density at radius 2 is 2.40 bits per heavy atom. The lowest BCUT2D eigenvalue weighted by atomic mass is 10.1. The second-order valence-corrected chi connectivity index (χ2v) is 3.70. The van der Waals surface area contributed by atoms with Gasteiger partial charge in [-0.1, -0.05) is 13.8 Å². The maximum absolute atomic E-state index is 10.8. The van der Waals surface area contributed by atoms with Crippen molar-refractivity contribution in [2.45, 2.75) is 20.3 Å². The zero-order chi connectivity index (χ0) is 11.4. The third-order valence-corrected chi connectivity index (χ3v) is 2.32. The Bertz CT molecular complexity index is 345. The minimum absolute atomic E-state index is 0.171. The molecule has 84 valence electrons. The van der Waals surface area contributed by atoms with E-state index in [0.29, 0.717) is 6.54 Å². The number of primary amides is 1. The monoisotopic (exact) mass is 210 g/mol. The summed E-state index contributed by atoms with van der Waals surface area (Å²) in [6.07, 6.45) is 2.78. The fraction of sp³-hybridized carbons (Fsp3) is 0.600. The maximum atomic E-state index is 10.8. The van der Waals surface area contributed by atoms with E-state index in [2.05, 4.69) is 10.4 Å². The van der Waals surface area contributed by atoms with Crippen LogP contribution in [0.1, 0.15) is 19.5 Å². The Balaban J connectivity index is 2.60. The molecule has 1 aromatic rings. The van der Waals surface area contributed by atoms with Gasteiger partial charge in [0.2, 0.25) is 5.91 Å². The topological polar surface area (TPSA) is 72.9 Å². The second-order valence-electron chi connectivity index (χ2n) is 3.70. The van der Waals surface area contributed by atoms with Crippen molar-refractivity contribution in [2.24, 2.45) is 18.7 Å². The number of aryl methyl sites for hydroxylation is 2. The SMILES string of the molecule is CCc1nn(C)cc1NCC(C)C(N)=O. The summed E-state index contributed by atoms with van der Waals surface area (Å²) in [6.45, 7) is 4.40. The molecule has 0 radical (unpaired) electrons. The molecule has 0 spiro atoms. The highest BCUT2D eigenvalue weighted by atomic mass is 16.1. The van der Waals surface area contributed by atoms with Gasteiger partial charge in [0.05, 0.1) is 17.3 Å². The van der Waals surface area contributed by atoms with Gasteiger partial charge in [0.15, 0.2) is 0 Å². The third kappa shape index (κ3) is 2.97. The van der Waals surface area contributed by atoms with Crippen molar-refractivity contribution in [3.8, 4) is 0 Å². The molecule has 5 heteroatoms. The molecule has 0 saturated heterocycles. The number of anilines is 1. The van der Waals surface area contributed by atoms with Crippen LogP contribution in [0.15, 0.2) is 6.20 Å². The normalized spacial score (nSPS) is 12.5. The molecular weight excluding hydrogens is 192 g/mol. The van der Waals surface area contributed by atoms with Crippen LogP contribution in [-0.2, 0) is 18.3 Å². The van der Waals surface area contributed by atoms with E-state index in [1.165, 1.54) is 0 Å². The molecule has 3 N–H and O–H groups in total. The standard InChI is InChI=1S/C10H18N4O/c1-4-8-9(6-14(3)13-8)12-5-7(2)10(11)15/h6-7,12H,4-5H2,1-3H3,(H2,11,15). The molecule has 0 fully saturated rings. The van der Waals surface area contributed by atoms with Crippen LogP contribution in [-0.4, -0.2) is 22.2 Å². The van der Waals surface area contributed by atoms with Crippen molar-refractivity contribution in [3.63, 3.8) is 0 Å². The average molecular weight is 210 g/mol. The van der Waals surface area contributed by atoms with Crippen molar-refractivity contribution in [1.29, 1.82) is 0 Å². The first-order chi connectivity index (χ1) is 7.04. The van der Waals surface area contributed by atoms with Gasteiger partial charge in [-0.15, -0.1) is 0 Å². The predicted molar refractivity (Wildman–Crippen MR) is 59.4 cm³/mol. The quantitative estimate of drug-likeness (QED) is 0.744. The zero-order valence-corrected chi connectivity index (χ0v) is 9.45. The number of hydrogen-bond donors (Lipinski definition) is 2. The van der Waals surface area contributed by atoms with E-state index in [1.807, 2.05) is 20.2 Å². The van der Waals surface area contributed by atoms with E-state index >= 15 is 0 Å². The van der Waals surface area contributed by atoms with Gasteiger partial charge in [-0.25, -0.2) is 0 Å². The molecule has 0 aliphatic heterocycles. The van der Waals surface area contributed by atoms with Crippen LogP contribution in [0.2, 0.25) is 0 Å². The van der Waals surface area contributed by atoms with Gasteiger partial charge >= 0.3 is 0 Å². The third-order valence-electron chi connectivity index (χ3n) is 2.32. The summed E-state index contributed by atoms with van der Waals surface area (Å²) in [4.78, 5) is 10.8. The van der Waals surface area contributed by atoms with Crippen molar-refractivity contribution in [1.82, 2.24) is 9.78 Å². The molecule has 1 aromatic heterocycles. The van der Waals surface area contributed by atoms with Crippen LogP contribution in [0.5, 0.6) is 0 Å². The fourth-order valence-electron chi connectivity index (χ4n) is 1.31. The van der Waals surface area contributed by atoms with Gasteiger partial charge < -0.3 is 11.1 Å². The Morgan fingerprint density at radius 3 is 2.93 bits per heavy atom. The van der Waals surface area contributed by atoms with Crippen LogP contribution in [0.25, 0.3) is 0 Å². The van der Waals surface area contributed by atoms with Crippen molar-refractivity contribution < 1.29 is 4.79 Å². The molecule has 1 heterocycles. The summed E-state index contributed by atoms with van der Waals surface area (Å²) >= 11 is 0. The van der Waals surface area contributed by atoms with E-state index in [-0.39, 0.29) is 11.8 Å². The number of rotatable bonds is 5. The largest absolute Gasteiger partial charge is 0.381 e. The smallest absolute Gasteiger partial charge is 0.222 e. The second kappa shape index (κ2) is 4.82. The highest BCUT2D eigenvalue weighted by Gasteiger charge is 2.10. The van der Waals surface area contributed by atoms with Gasteiger partial charge in [-0.2, -0.15) is 5.10 Å². The summed E-state index contributed by atoms with van der Waals surface area (Å²) in [7, 11) is 1.88. The Hall–Kier alpha value is -1.52. The summed E-state index contributed by atoms with van der Waals surface area (Å²) in [6, 6.07) is 0. The van der Waals surface area contributed by atoms with Crippen LogP contribution in [0, 0.1) is 5.92 Å². The van der Waals surface area contributed by atoms with Crippen LogP contribution in [0.3, 0.4) is 0 Å². The van der Waals surface area contributed by atoms with Crippen molar-refractivity contribution >= 4 is 11.6 Å². The summed E-state index contributed by atoms with van der Waals surface area (Å²) in [5.74, 6) is -0.459. The average Bonchev–Trinajstić information content (AvgIpc) is 2.55. The summed E-state index contributed by atoms with van der Waals surface area (Å²) in [5, 5.41) is 7.47. The number of nitrogens with one attached hydrogen (secondary N) is 1. The molecule has 0 aromatic carbocycles. The number of amides is 1. The van der Waals surface area contributed by atoms with E-state index in [9.17, 15) is 4.79 Å². The maximum Gasteiger partial charge on any atom is 0.222 e. The number of carbonyl (C=O) groups excluding carboxylic acids is 1. The number of carbonyl (C=O) groups is 1. The molecule has 0 aliphatic carbocycles. The molecule has 1 amide bonds. The number of hydrogen-bond acceptors (Lipinski definition) is 3. The number of nitrogens with zero attached hydrogens (tertiary/aromatic N) is 2. The van der Waals surface area contributed by atoms with Crippen LogP contribution in [0.4, 0.5) is 5.69 Å². The van der Waals surface area contributed by atoms with E-state index in [4.69, 9.17) is 5.73 Å². The molecule has 5 nitrogen and oxygen atoms in total. The Morgan fingerprint density at radius 1 is 1.73 bits per heavy atom. The first-order valence-corrected chi connectivity index (χ1v) is 5.10. The van der Waals surface area contributed by atoms with E-state index < -0.39 is 0 Å². The minimum atomic E-state index is -0.288. The lowest BCUT2D eigenvalue weighted by Gasteiger charge is -2.09. The predicted octanol–water partition coefficient (Wildman–Crippen LogP) is 0.516. The lowest BCUT2D eigenvalue weighted by molar-refractivity contribution is -0.120. The first kappa shape index (κ1) is 11.6. The zero-order valence-electron chi connectivity index (χ0n) is 9.45. The van der Waals surface area contributed by atoms with Gasteiger partial charge in [0.25, 0.3) is 0 Å². The molecule has 0 aliphatic rings. The van der Waals surface area contributed by atoms with Gasteiger partial charge in [0, 0.05) is 19.8 Å². The Kier molecular flexibility index (Phi) is 3.71. The fourth-order valence-corrected chi connectivity index (χ4v) is 1.31. The molecule has 1 rings (SSSR count). The highest BCUT2D eigenvalue weighted by molar-refractivity contribution is 5.76. The van der Waals surface area contributed by atoms with E-state index in [0.717, 1.165) is 17.8 Å². The van der Waals surface area contributed by atoms with Crippen LogP contribution < -0.4 is 11.1 Å². The number of aromatic nitrogens is 2. The van der Waals surface area contributed by atoms with Crippen molar-refractivity contribution in [3.05, 3.63) is 11.9 Å².